The largest absolute Gasteiger partial charge is 0.309 e. The second-order valence-corrected chi connectivity index (χ2v) is 23.4. The number of allylic oxidation sites excluding steroid dienone is 2. The van der Waals surface area contributed by atoms with Crippen LogP contribution in [0.1, 0.15) is 77.9 Å². The van der Waals surface area contributed by atoms with Crippen molar-refractivity contribution in [3.05, 3.63) is 299 Å². The molecule has 0 amide bonds. The molecule has 13 aromatic rings. The Hall–Kier alpha value is -9.76. The lowest BCUT2D eigenvalue weighted by atomic mass is 9.79. The van der Waals surface area contributed by atoms with Crippen molar-refractivity contribution in [2.75, 3.05) is 0 Å². The molecule has 0 saturated carbocycles. The molecule has 11 aromatic carbocycles. The van der Waals surface area contributed by atoms with E-state index in [0.29, 0.717) is 0 Å². The highest BCUT2D eigenvalue weighted by molar-refractivity contribution is 6.10. The van der Waals surface area contributed by atoms with E-state index in [4.69, 9.17) is 0 Å². The second kappa shape index (κ2) is 18.4. The van der Waals surface area contributed by atoms with E-state index >= 15 is 0 Å². The van der Waals surface area contributed by atoms with Crippen LogP contribution < -0.4 is 0 Å². The van der Waals surface area contributed by atoms with Crippen LogP contribution in [-0.4, -0.2) is 9.13 Å². The van der Waals surface area contributed by atoms with Crippen LogP contribution in [0, 0.1) is 6.92 Å². The number of aryl methyl sites for hydroxylation is 1. The van der Waals surface area contributed by atoms with Gasteiger partial charge in [0.25, 0.3) is 0 Å². The summed E-state index contributed by atoms with van der Waals surface area (Å²) < 4.78 is 4.79. The minimum absolute atomic E-state index is 0.165. The molecule has 0 radical (unpaired) electrons. The van der Waals surface area contributed by atoms with E-state index in [1.54, 1.807) is 0 Å². The Morgan fingerprint density at radius 3 is 1.57 bits per heavy atom. The van der Waals surface area contributed by atoms with Crippen molar-refractivity contribution in [3.8, 4) is 55.9 Å². The molecule has 0 N–H and O–H groups in total. The van der Waals surface area contributed by atoms with E-state index in [9.17, 15) is 0 Å². The minimum atomic E-state index is -0.188. The third-order valence-electron chi connectivity index (χ3n) is 18.1. The minimum Gasteiger partial charge on any atom is -0.309 e. The molecule has 2 nitrogen and oxygen atoms in total. The van der Waals surface area contributed by atoms with Gasteiger partial charge < -0.3 is 9.13 Å². The van der Waals surface area contributed by atoms with Gasteiger partial charge >= 0.3 is 0 Å². The predicted octanol–water partition coefficient (Wildman–Crippen LogP) is 21.0. The van der Waals surface area contributed by atoms with Crippen molar-refractivity contribution in [1.29, 1.82) is 0 Å². The third-order valence-corrected chi connectivity index (χ3v) is 18.1. The van der Waals surface area contributed by atoms with E-state index in [-0.39, 0.29) is 10.8 Å². The van der Waals surface area contributed by atoms with Crippen molar-refractivity contribution in [2.45, 2.75) is 45.4 Å². The van der Waals surface area contributed by atoms with Gasteiger partial charge in [0.1, 0.15) is 0 Å². The molecule has 0 atom stereocenters. The first-order chi connectivity index (χ1) is 39.5. The van der Waals surface area contributed by atoms with Crippen LogP contribution in [0.3, 0.4) is 0 Å². The maximum absolute atomic E-state index is 4.67. The van der Waals surface area contributed by atoms with Gasteiger partial charge in [-0.3, -0.25) is 0 Å². The fraction of sp³-hybridized carbons (Fsp3) is 0.0886. The third kappa shape index (κ3) is 7.69. The van der Waals surface area contributed by atoms with E-state index in [1.807, 2.05) is 0 Å². The van der Waals surface area contributed by atoms with Gasteiger partial charge in [-0.05, 0) is 180 Å². The molecule has 2 heteroatoms. The molecule has 386 valence electrons. The maximum Gasteiger partial charge on any atom is 0.0541 e. The highest BCUT2D eigenvalue weighted by Crippen LogP contribution is 2.57. The van der Waals surface area contributed by atoms with Crippen LogP contribution in [0.2, 0.25) is 0 Å². The highest BCUT2D eigenvalue weighted by atomic mass is 15.0. The fourth-order valence-corrected chi connectivity index (χ4v) is 13.7. The average molecular weight is 1040 g/mol. The van der Waals surface area contributed by atoms with E-state index in [0.717, 1.165) is 11.1 Å². The molecule has 0 saturated heterocycles. The summed E-state index contributed by atoms with van der Waals surface area (Å²) in [6, 6.07) is 87.4. The number of hydrogen-bond donors (Lipinski definition) is 0. The van der Waals surface area contributed by atoms with Gasteiger partial charge in [-0.2, -0.15) is 0 Å². The van der Waals surface area contributed by atoms with Gasteiger partial charge in [0.15, 0.2) is 0 Å². The highest BCUT2D eigenvalue weighted by Gasteiger charge is 2.42. The van der Waals surface area contributed by atoms with Crippen LogP contribution in [-0.2, 0) is 10.8 Å². The standard InChI is InChI=1S/C79H60N2/c1-50(27-43-73-51(2)61-21-12-14-24-74(61)81(73)75-26-16-18-56-17-10-11-22-62(56)75)57-38-41-63-66-48-72-67(49-71(66)78(3,4)69(63)46-57)64-42-39-59(47-70(64)79(72,5)6)55-36-32-53(33-37-55)29-28-52-30-34-54(35-31-52)58-40-44-77-68(45-58)65-23-13-15-25-76(65)80(77)60-19-8-7-9-20-60/h7-49H,1H2,2-6H3/b29-28+,43-27-. The average Bonchev–Trinajstić information content (AvgIpc) is 4.29. The molecule has 81 heavy (non-hydrogen) atoms. The molecule has 15 rings (SSSR count). The molecule has 2 aromatic heterocycles. The molecular formula is C79H60N2. The molecule has 0 unspecified atom stereocenters. The number of aromatic nitrogens is 2. The van der Waals surface area contributed by atoms with E-state index < -0.39 is 0 Å². The van der Waals surface area contributed by atoms with Crippen LogP contribution in [0.25, 0.3) is 123 Å². The zero-order valence-electron chi connectivity index (χ0n) is 46.4. The summed E-state index contributed by atoms with van der Waals surface area (Å²) in [5.41, 5.74) is 28.3. The van der Waals surface area contributed by atoms with Crippen LogP contribution in [0.5, 0.6) is 0 Å². The summed E-state index contributed by atoms with van der Waals surface area (Å²) in [4.78, 5) is 0. The lowest BCUT2D eigenvalue weighted by molar-refractivity contribution is 0.652. The summed E-state index contributed by atoms with van der Waals surface area (Å²) >= 11 is 0. The Labute approximate surface area is 474 Å². The number of fused-ring (bicyclic) bond motifs is 11. The number of rotatable bonds is 9. The summed E-state index contributed by atoms with van der Waals surface area (Å²) in [5, 5.41) is 6.25. The van der Waals surface area contributed by atoms with Gasteiger partial charge in [0, 0.05) is 43.8 Å². The van der Waals surface area contributed by atoms with E-state index in [1.165, 1.54) is 144 Å². The van der Waals surface area contributed by atoms with Crippen molar-refractivity contribution >= 4 is 67.3 Å². The molecule has 0 fully saturated rings. The lowest BCUT2D eigenvalue weighted by Gasteiger charge is -2.24. The topological polar surface area (TPSA) is 9.86 Å². The van der Waals surface area contributed by atoms with Crippen LogP contribution >= 0.6 is 0 Å². The Kier molecular flexibility index (Phi) is 11.0. The van der Waals surface area contributed by atoms with Crippen LogP contribution in [0.15, 0.2) is 249 Å². The number of para-hydroxylation sites is 3. The Morgan fingerprint density at radius 1 is 0.383 bits per heavy atom. The maximum atomic E-state index is 4.67. The zero-order chi connectivity index (χ0) is 54.7. The van der Waals surface area contributed by atoms with Crippen molar-refractivity contribution in [1.82, 2.24) is 9.13 Å². The number of benzene rings is 11. The normalized spacial score (nSPS) is 13.9. The fourth-order valence-electron chi connectivity index (χ4n) is 13.7. The Morgan fingerprint density at radius 2 is 0.889 bits per heavy atom. The predicted molar refractivity (Wildman–Crippen MR) is 346 cm³/mol. The molecule has 2 heterocycles. The molecule has 2 aliphatic rings. The quantitative estimate of drug-likeness (QED) is 0.101. The van der Waals surface area contributed by atoms with Gasteiger partial charge in [-0.15, -0.1) is 0 Å². The van der Waals surface area contributed by atoms with Crippen molar-refractivity contribution in [2.24, 2.45) is 0 Å². The second-order valence-electron chi connectivity index (χ2n) is 23.4. The molecule has 2 aliphatic carbocycles. The van der Waals surface area contributed by atoms with E-state index in [2.05, 4.69) is 311 Å². The van der Waals surface area contributed by atoms with Crippen molar-refractivity contribution in [3.63, 3.8) is 0 Å². The SMILES string of the molecule is C=C(/C=C\c1c(C)c2ccccc2n1-c1cccc2ccccc12)c1ccc2c(c1)C(C)(C)c1cc3c(cc1-2)C(C)(C)c1cc(-c2ccc(/C=C/c4ccc(-c5ccc6c(c5)c5ccccc5n6-c5ccccc5)cc4)cc2)ccc1-3. The first-order valence-corrected chi connectivity index (χ1v) is 28.4. The van der Waals surface area contributed by atoms with Gasteiger partial charge in [-0.25, -0.2) is 0 Å². The van der Waals surface area contributed by atoms with Gasteiger partial charge in [0.05, 0.1) is 22.2 Å². The number of hydrogen-bond acceptors (Lipinski definition) is 0. The zero-order valence-corrected chi connectivity index (χ0v) is 46.4. The molecule has 0 aliphatic heterocycles. The smallest absolute Gasteiger partial charge is 0.0541 e. The summed E-state index contributed by atoms with van der Waals surface area (Å²) in [7, 11) is 0. The lowest BCUT2D eigenvalue weighted by Crippen LogP contribution is -2.17. The summed E-state index contributed by atoms with van der Waals surface area (Å²) in [6.45, 7) is 16.5. The molecular weight excluding hydrogens is 977 g/mol. The summed E-state index contributed by atoms with van der Waals surface area (Å²) in [5.74, 6) is 0. The summed E-state index contributed by atoms with van der Waals surface area (Å²) in [6.07, 6.45) is 8.91. The first kappa shape index (κ1) is 48.4. The first-order valence-electron chi connectivity index (χ1n) is 28.4. The van der Waals surface area contributed by atoms with Crippen LogP contribution in [0.4, 0.5) is 0 Å². The molecule has 0 bridgehead atoms. The Bertz CT molecular complexity index is 4790. The van der Waals surface area contributed by atoms with Gasteiger partial charge in [-0.1, -0.05) is 222 Å². The number of nitrogens with zero attached hydrogens (tertiary/aromatic N) is 2. The monoisotopic (exact) mass is 1040 g/mol. The van der Waals surface area contributed by atoms with Gasteiger partial charge in [0.2, 0.25) is 0 Å². The molecule has 0 spiro atoms. The Balaban J connectivity index is 0.663. The van der Waals surface area contributed by atoms with Crippen molar-refractivity contribution < 1.29 is 0 Å².